The molecular weight excluding hydrogens is 552 g/mol. The average molecular weight is 585 g/mol. The molecule has 0 radical (unpaired) electrons. The number of ether oxygens (including phenoxy) is 1. The van der Waals surface area contributed by atoms with Crippen molar-refractivity contribution in [3.8, 4) is 5.69 Å². The van der Waals surface area contributed by atoms with E-state index in [1.165, 1.54) is 22.1 Å². The zero-order chi connectivity index (χ0) is 29.6. The predicted molar refractivity (Wildman–Crippen MR) is 162 cm³/mol. The Kier molecular flexibility index (Phi) is 7.12. The molecule has 6 rings (SSSR count). The predicted octanol–water partition coefficient (Wildman–Crippen LogP) is 4.79. The molecule has 1 aliphatic heterocycles. The van der Waals surface area contributed by atoms with Crippen LogP contribution in [-0.2, 0) is 35.1 Å². The van der Waals surface area contributed by atoms with Crippen molar-refractivity contribution in [3.05, 3.63) is 110 Å². The highest BCUT2D eigenvalue weighted by Crippen LogP contribution is 2.43. The summed E-state index contributed by atoms with van der Waals surface area (Å²) in [4.78, 5) is 43.6. The highest BCUT2D eigenvalue weighted by atomic mass is 32.1. The Hall–Kier alpha value is -4.41. The number of carbonyl (C=O) groups excluding carboxylic acids is 2. The number of benzene rings is 2. The standard InChI is InChI=1S/C32H32N4O5S/c1-4-41-31(39)26-23-17-11-12-18-25(23)42-28(26)33-24-19-32(40,21-13-7-5-8-14-21)35(29(24)37)27-20(2)34(3)36(30(27)38)22-15-9-6-10-16-22/h5-10,13-16,19,33,40H,4,11-12,17-18H2,1-3H3. The van der Waals surface area contributed by atoms with E-state index in [0.717, 1.165) is 41.0 Å². The summed E-state index contributed by atoms with van der Waals surface area (Å²) in [7, 11) is 1.74. The third kappa shape index (κ3) is 4.38. The molecule has 2 aromatic heterocycles. The number of aryl methyl sites for hydroxylation is 1. The highest BCUT2D eigenvalue weighted by Gasteiger charge is 2.49. The molecule has 0 saturated heterocycles. The maximum Gasteiger partial charge on any atom is 0.341 e. The molecule has 0 saturated carbocycles. The number of esters is 1. The van der Waals surface area contributed by atoms with Crippen LogP contribution in [0.1, 0.15) is 51.8 Å². The molecule has 0 bridgehead atoms. The zero-order valence-electron chi connectivity index (χ0n) is 23.7. The Morgan fingerprint density at radius 2 is 1.71 bits per heavy atom. The van der Waals surface area contributed by atoms with Gasteiger partial charge in [-0.05, 0) is 57.2 Å². The number of nitrogens with one attached hydrogen (secondary N) is 1. The molecule has 1 atom stereocenters. The van der Waals surface area contributed by atoms with Gasteiger partial charge in [-0.3, -0.25) is 19.2 Å². The number of carbonyl (C=O) groups is 2. The lowest BCUT2D eigenvalue weighted by Crippen LogP contribution is -2.47. The summed E-state index contributed by atoms with van der Waals surface area (Å²) < 4.78 is 8.53. The summed E-state index contributed by atoms with van der Waals surface area (Å²) in [5, 5.41) is 16.0. The third-order valence-electron chi connectivity index (χ3n) is 7.97. The van der Waals surface area contributed by atoms with Crippen molar-refractivity contribution in [1.82, 2.24) is 9.36 Å². The molecule has 3 heterocycles. The van der Waals surface area contributed by atoms with Crippen LogP contribution in [0.25, 0.3) is 5.69 Å². The van der Waals surface area contributed by atoms with Crippen LogP contribution in [0.5, 0.6) is 0 Å². The minimum absolute atomic E-state index is 0.0573. The molecule has 0 fully saturated rings. The second-order valence-corrected chi connectivity index (χ2v) is 11.6. The fraction of sp³-hybridized carbons (Fsp3) is 0.281. The van der Waals surface area contributed by atoms with Crippen LogP contribution in [0.3, 0.4) is 0 Å². The zero-order valence-corrected chi connectivity index (χ0v) is 24.5. The number of fused-ring (bicyclic) bond motifs is 1. The van der Waals surface area contributed by atoms with Gasteiger partial charge in [0.15, 0.2) is 5.72 Å². The number of rotatable bonds is 7. The molecular formula is C32H32N4O5S. The summed E-state index contributed by atoms with van der Waals surface area (Å²) in [6.45, 7) is 3.73. The van der Waals surface area contributed by atoms with E-state index in [0.29, 0.717) is 27.5 Å². The Morgan fingerprint density at radius 1 is 1.05 bits per heavy atom. The number of hydrogen-bond acceptors (Lipinski definition) is 7. The topological polar surface area (TPSA) is 106 Å². The van der Waals surface area contributed by atoms with E-state index >= 15 is 0 Å². The van der Waals surface area contributed by atoms with Crippen molar-refractivity contribution in [2.45, 2.75) is 45.3 Å². The summed E-state index contributed by atoms with van der Waals surface area (Å²) in [6, 6.07) is 17.9. The Balaban J connectivity index is 1.49. The second-order valence-electron chi connectivity index (χ2n) is 10.5. The lowest BCUT2D eigenvalue weighted by molar-refractivity contribution is -0.117. The normalized spacial score (nSPS) is 18.1. The van der Waals surface area contributed by atoms with Crippen molar-refractivity contribution in [2.24, 2.45) is 7.05 Å². The van der Waals surface area contributed by atoms with E-state index in [2.05, 4.69) is 5.32 Å². The first kappa shape index (κ1) is 27.7. The van der Waals surface area contributed by atoms with Gasteiger partial charge in [0.05, 0.1) is 23.6 Å². The van der Waals surface area contributed by atoms with Gasteiger partial charge in [0, 0.05) is 23.6 Å². The highest BCUT2D eigenvalue weighted by molar-refractivity contribution is 7.16. The number of aliphatic hydroxyl groups is 1. The molecule has 0 spiro atoms. The van der Waals surface area contributed by atoms with Gasteiger partial charge in [-0.25, -0.2) is 9.48 Å². The number of hydrogen-bond donors (Lipinski definition) is 2. The maximum atomic E-state index is 14.3. The molecule has 1 amide bonds. The van der Waals surface area contributed by atoms with Crippen LogP contribution in [0.4, 0.5) is 10.7 Å². The quantitative estimate of drug-likeness (QED) is 0.303. The Labute approximate surface area is 247 Å². The number of thiophene rings is 1. The van der Waals surface area contributed by atoms with Crippen LogP contribution >= 0.6 is 11.3 Å². The van der Waals surface area contributed by atoms with Gasteiger partial charge in [0.25, 0.3) is 11.5 Å². The Bertz CT molecular complexity index is 1770. The van der Waals surface area contributed by atoms with E-state index in [9.17, 15) is 19.5 Å². The first-order chi connectivity index (χ1) is 20.3. The van der Waals surface area contributed by atoms with Crippen LogP contribution in [0.2, 0.25) is 0 Å². The summed E-state index contributed by atoms with van der Waals surface area (Å²) >= 11 is 1.43. The van der Waals surface area contributed by atoms with E-state index in [4.69, 9.17) is 4.74 Å². The lowest BCUT2D eigenvalue weighted by Gasteiger charge is -2.32. The molecule has 2 N–H and O–H groups in total. The molecule has 2 aromatic carbocycles. The summed E-state index contributed by atoms with van der Waals surface area (Å²) in [5.41, 5.74) is 0.650. The summed E-state index contributed by atoms with van der Waals surface area (Å²) in [5.74, 6) is -1.03. The minimum Gasteiger partial charge on any atom is -0.462 e. The first-order valence-electron chi connectivity index (χ1n) is 14.0. The van der Waals surface area contributed by atoms with Crippen molar-refractivity contribution in [3.63, 3.8) is 0 Å². The van der Waals surface area contributed by atoms with E-state index in [1.807, 2.05) is 24.3 Å². The van der Waals surface area contributed by atoms with Crippen LogP contribution in [0, 0.1) is 6.92 Å². The average Bonchev–Trinajstić information content (AvgIpc) is 3.56. The number of amides is 1. The van der Waals surface area contributed by atoms with Crippen molar-refractivity contribution in [1.29, 1.82) is 0 Å². The molecule has 216 valence electrons. The van der Waals surface area contributed by atoms with E-state index in [-0.39, 0.29) is 18.0 Å². The smallest absolute Gasteiger partial charge is 0.341 e. The number of aromatic nitrogens is 2. The molecule has 2 aliphatic rings. The van der Waals surface area contributed by atoms with Crippen molar-refractivity contribution >= 4 is 33.9 Å². The largest absolute Gasteiger partial charge is 0.462 e. The van der Waals surface area contributed by atoms with E-state index in [1.54, 1.807) is 62.0 Å². The van der Waals surface area contributed by atoms with Gasteiger partial charge in [-0.1, -0.05) is 48.5 Å². The van der Waals surface area contributed by atoms with Gasteiger partial charge in [0.1, 0.15) is 16.4 Å². The molecule has 9 nitrogen and oxygen atoms in total. The van der Waals surface area contributed by atoms with Gasteiger partial charge in [-0.15, -0.1) is 11.3 Å². The van der Waals surface area contributed by atoms with Gasteiger partial charge < -0.3 is 15.2 Å². The van der Waals surface area contributed by atoms with Crippen molar-refractivity contribution in [2.75, 3.05) is 16.8 Å². The number of nitrogens with zero attached hydrogens (tertiary/aromatic N) is 3. The molecule has 10 heteroatoms. The summed E-state index contributed by atoms with van der Waals surface area (Å²) in [6.07, 6.45) is 5.04. The fourth-order valence-electron chi connectivity index (χ4n) is 5.87. The monoisotopic (exact) mass is 584 g/mol. The molecule has 42 heavy (non-hydrogen) atoms. The SMILES string of the molecule is CCOC(=O)c1c(NC2=CC(O)(c3ccccc3)N(c3c(C)n(C)n(-c4ccccc4)c3=O)C2=O)sc2c1CCCC2. The molecule has 1 unspecified atom stereocenters. The van der Waals surface area contributed by atoms with E-state index < -0.39 is 23.2 Å². The number of anilines is 2. The van der Waals surface area contributed by atoms with Gasteiger partial charge >= 0.3 is 5.97 Å². The Morgan fingerprint density at radius 3 is 2.40 bits per heavy atom. The molecule has 4 aromatic rings. The fourth-order valence-corrected chi connectivity index (χ4v) is 7.16. The second kappa shape index (κ2) is 10.8. The molecule has 1 aliphatic carbocycles. The lowest BCUT2D eigenvalue weighted by atomic mass is 9.95. The van der Waals surface area contributed by atoms with Crippen LogP contribution in [-0.4, -0.2) is 33.0 Å². The minimum atomic E-state index is -1.97. The van der Waals surface area contributed by atoms with Crippen LogP contribution < -0.4 is 15.8 Å². The van der Waals surface area contributed by atoms with Crippen molar-refractivity contribution < 1.29 is 19.4 Å². The maximum absolute atomic E-state index is 14.3. The van der Waals surface area contributed by atoms with Crippen LogP contribution in [0.15, 0.2) is 77.2 Å². The number of para-hydroxylation sites is 1. The third-order valence-corrected chi connectivity index (χ3v) is 9.17. The van der Waals surface area contributed by atoms with Gasteiger partial charge in [-0.2, -0.15) is 0 Å². The first-order valence-corrected chi connectivity index (χ1v) is 14.9. The van der Waals surface area contributed by atoms with Gasteiger partial charge in [0.2, 0.25) is 0 Å².